The van der Waals surface area contributed by atoms with Crippen LogP contribution in [0.25, 0.3) is 10.8 Å². The topological polar surface area (TPSA) is 92.1 Å². The van der Waals surface area contributed by atoms with Crippen LogP contribution in [0.2, 0.25) is 0 Å². The molecular weight excluding hydrogens is 356 g/mol. The smallest absolute Gasteiger partial charge is 0.185 e. The van der Waals surface area contributed by atoms with Crippen LogP contribution in [-0.4, -0.2) is 22.2 Å². The van der Waals surface area contributed by atoms with E-state index in [4.69, 9.17) is 11.0 Å². The molecule has 2 aromatic carbocycles. The second kappa shape index (κ2) is 8.02. The molecule has 1 heterocycles. The summed E-state index contributed by atoms with van der Waals surface area (Å²) in [6.07, 6.45) is 3.52. The summed E-state index contributed by atoms with van der Waals surface area (Å²) in [4.78, 5) is 21.1. The van der Waals surface area contributed by atoms with Gasteiger partial charge in [-0.2, -0.15) is 5.26 Å². The molecule has 5 nitrogen and oxygen atoms in total. The van der Waals surface area contributed by atoms with Gasteiger partial charge in [-0.3, -0.25) is 9.78 Å². The number of hydrogen-bond donors (Lipinski definition) is 1. The van der Waals surface area contributed by atoms with Crippen molar-refractivity contribution in [2.45, 2.75) is 13.3 Å². The standard InChI is InChI=1S/C21H18N4OS/c1-13-3-6-16-7-4-14(9-17(16)20(13)25-21(23)27-2)10-19(26)18-8-5-15(11-22)12-24-18/h3-9,12H,10H2,1-2H3,(H2,23,25). The van der Waals surface area contributed by atoms with Gasteiger partial charge in [-0.1, -0.05) is 36.0 Å². The molecule has 3 aromatic rings. The summed E-state index contributed by atoms with van der Waals surface area (Å²) in [5, 5.41) is 11.3. The molecule has 134 valence electrons. The SMILES string of the molecule is CSC(N)=Nc1c(C)ccc2ccc(CC(=O)c3ccc(C#N)cn3)cc12. The number of nitrogens with zero attached hydrogens (tertiary/aromatic N) is 3. The summed E-state index contributed by atoms with van der Waals surface area (Å²) < 4.78 is 0. The fourth-order valence-electron chi connectivity index (χ4n) is 2.78. The molecule has 0 atom stereocenters. The number of Topliss-reactive ketones (excluding diaryl/α,β-unsaturated/α-hetero) is 1. The molecule has 0 saturated carbocycles. The molecule has 0 unspecified atom stereocenters. The number of rotatable bonds is 4. The van der Waals surface area contributed by atoms with Crippen molar-refractivity contribution in [1.82, 2.24) is 4.98 Å². The number of aliphatic imine (C=N–C) groups is 1. The van der Waals surface area contributed by atoms with E-state index in [0.717, 1.165) is 27.6 Å². The molecule has 0 radical (unpaired) electrons. The Morgan fingerprint density at radius 1 is 1.26 bits per heavy atom. The Kier molecular flexibility index (Phi) is 5.53. The average Bonchev–Trinajstić information content (AvgIpc) is 2.70. The number of benzene rings is 2. The maximum Gasteiger partial charge on any atom is 0.185 e. The van der Waals surface area contributed by atoms with Crippen molar-refractivity contribution in [2.24, 2.45) is 10.7 Å². The molecule has 0 saturated heterocycles. The number of nitriles is 1. The van der Waals surface area contributed by atoms with Gasteiger partial charge in [0.15, 0.2) is 11.0 Å². The van der Waals surface area contributed by atoms with Gasteiger partial charge in [-0.25, -0.2) is 4.99 Å². The van der Waals surface area contributed by atoms with Crippen LogP contribution in [0.5, 0.6) is 0 Å². The summed E-state index contributed by atoms with van der Waals surface area (Å²) in [5.41, 5.74) is 9.42. The van der Waals surface area contributed by atoms with E-state index in [9.17, 15) is 4.79 Å². The van der Waals surface area contributed by atoms with E-state index in [-0.39, 0.29) is 12.2 Å². The molecule has 27 heavy (non-hydrogen) atoms. The van der Waals surface area contributed by atoms with Gasteiger partial charge >= 0.3 is 0 Å². The molecule has 0 aliphatic heterocycles. The molecule has 0 bridgehead atoms. The molecule has 2 N–H and O–H groups in total. The van der Waals surface area contributed by atoms with Gasteiger partial charge in [-0.05, 0) is 47.9 Å². The van der Waals surface area contributed by atoms with Gasteiger partial charge in [0.2, 0.25) is 0 Å². The van der Waals surface area contributed by atoms with Crippen molar-refractivity contribution in [1.29, 1.82) is 5.26 Å². The summed E-state index contributed by atoms with van der Waals surface area (Å²) in [5.74, 6) is -0.0971. The van der Waals surface area contributed by atoms with Gasteiger partial charge < -0.3 is 5.73 Å². The quantitative estimate of drug-likeness (QED) is 0.421. The van der Waals surface area contributed by atoms with Crippen LogP contribution >= 0.6 is 11.8 Å². The molecule has 0 aliphatic rings. The number of hydrogen-bond acceptors (Lipinski definition) is 5. The normalized spacial score (nSPS) is 11.4. The number of pyridine rings is 1. The number of fused-ring (bicyclic) bond motifs is 1. The third-order valence-corrected chi connectivity index (χ3v) is 4.74. The van der Waals surface area contributed by atoms with E-state index < -0.39 is 0 Å². The highest BCUT2D eigenvalue weighted by atomic mass is 32.2. The minimum absolute atomic E-state index is 0.0971. The molecule has 0 spiro atoms. The molecule has 1 aromatic heterocycles. The first-order valence-electron chi connectivity index (χ1n) is 8.31. The van der Waals surface area contributed by atoms with Gasteiger partial charge in [0.05, 0.1) is 11.3 Å². The number of carbonyl (C=O) groups is 1. The van der Waals surface area contributed by atoms with Crippen molar-refractivity contribution in [3.05, 3.63) is 71.0 Å². The van der Waals surface area contributed by atoms with Gasteiger partial charge in [0, 0.05) is 18.0 Å². The fourth-order valence-corrected chi connectivity index (χ4v) is 2.96. The molecule has 0 fully saturated rings. The predicted molar refractivity (Wildman–Crippen MR) is 110 cm³/mol. The van der Waals surface area contributed by atoms with E-state index in [2.05, 4.69) is 9.98 Å². The summed E-state index contributed by atoms with van der Waals surface area (Å²) in [6.45, 7) is 1.99. The summed E-state index contributed by atoms with van der Waals surface area (Å²) in [7, 11) is 0. The second-order valence-electron chi connectivity index (χ2n) is 6.08. The van der Waals surface area contributed by atoms with Crippen molar-refractivity contribution in [2.75, 3.05) is 6.26 Å². The largest absolute Gasteiger partial charge is 0.378 e. The Morgan fingerprint density at radius 3 is 2.70 bits per heavy atom. The lowest BCUT2D eigenvalue weighted by Crippen LogP contribution is -2.06. The van der Waals surface area contributed by atoms with Crippen molar-refractivity contribution in [3.8, 4) is 6.07 Å². The monoisotopic (exact) mass is 374 g/mol. The van der Waals surface area contributed by atoms with E-state index >= 15 is 0 Å². The number of thioether (sulfide) groups is 1. The van der Waals surface area contributed by atoms with E-state index in [1.54, 1.807) is 12.1 Å². The number of carbonyl (C=O) groups excluding carboxylic acids is 1. The average molecular weight is 374 g/mol. The molecule has 6 heteroatoms. The maximum atomic E-state index is 12.5. The van der Waals surface area contributed by atoms with Crippen LogP contribution in [-0.2, 0) is 6.42 Å². The molecule has 0 aliphatic carbocycles. The van der Waals surface area contributed by atoms with Crippen molar-refractivity contribution >= 4 is 39.2 Å². The Labute approximate surface area is 161 Å². The van der Waals surface area contributed by atoms with Crippen LogP contribution in [0.4, 0.5) is 5.69 Å². The predicted octanol–water partition coefficient (Wildman–Crippen LogP) is 4.15. The maximum absolute atomic E-state index is 12.5. The van der Waals surface area contributed by atoms with Crippen LogP contribution < -0.4 is 5.73 Å². The highest BCUT2D eigenvalue weighted by molar-refractivity contribution is 8.13. The van der Waals surface area contributed by atoms with E-state index in [1.807, 2.05) is 49.6 Å². The number of ketones is 1. The zero-order valence-corrected chi connectivity index (χ0v) is 15.9. The van der Waals surface area contributed by atoms with E-state index in [1.165, 1.54) is 18.0 Å². The Morgan fingerprint density at radius 2 is 2.04 bits per heavy atom. The van der Waals surface area contributed by atoms with Crippen LogP contribution in [0, 0.1) is 18.3 Å². The third-order valence-electron chi connectivity index (χ3n) is 4.23. The van der Waals surface area contributed by atoms with Crippen molar-refractivity contribution in [3.63, 3.8) is 0 Å². The van der Waals surface area contributed by atoms with Gasteiger partial charge in [-0.15, -0.1) is 0 Å². The first kappa shape index (κ1) is 18.6. The lowest BCUT2D eigenvalue weighted by Gasteiger charge is -2.09. The number of aryl methyl sites for hydroxylation is 1. The highest BCUT2D eigenvalue weighted by Gasteiger charge is 2.11. The van der Waals surface area contributed by atoms with Crippen LogP contribution in [0.3, 0.4) is 0 Å². The lowest BCUT2D eigenvalue weighted by atomic mass is 9.99. The van der Waals surface area contributed by atoms with E-state index in [0.29, 0.717) is 16.4 Å². The molecule has 0 amide bonds. The second-order valence-corrected chi connectivity index (χ2v) is 6.91. The van der Waals surface area contributed by atoms with Crippen molar-refractivity contribution < 1.29 is 4.79 Å². The first-order valence-corrected chi connectivity index (χ1v) is 9.54. The Hall–Kier alpha value is -3.17. The van der Waals surface area contributed by atoms with Crippen LogP contribution in [0.1, 0.15) is 27.2 Å². The van der Waals surface area contributed by atoms with Crippen LogP contribution in [0.15, 0.2) is 53.7 Å². The molecule has 3 rings (SSSR count). The minimum Gasteiger partial charge on any atom is -0.378 e. The summed E-state index contributed by atoms with van der Waals surface area (Å²) in [6, 6.07) is 15.1. The first-order chi connectivity index (χ1) is 13.0. The highest BCUT2D eigenvalue weighted by Crippen LogP contribution is 2.31. The zero-order valence-electron chi connectivity index (χ0n) is 15.1. The Bertz CT molecular complexity index is 1080. The number of amidine groups is 1. The third kappa shape index (κ3) is 4.15. The minimum atomic E-state index is -0.0971. The molecular formula is C21H18N4OS. The number of nitrogens with two attached hydrogens (primary N) is 1. The van der Waals surface area contributed by atoms with Gasteiger partial charge in [0.1, 0.15) is 11.8 Å². The fraction of sp³-hybridized carbons (Fsp3) is 0.143. The number of aromatic nitrogens is 1. The zero-order chi connectivity index (χ0) is 19.4. The van der Waals surface area contributed by atoms with Gasteiger partial charge in [0.25, 0.3) is 0 Å². The summed E-state index contributed by atoms with van der Waals surface area (Å²) >= 11 is 1.39. The lowest BCUT2D eigenvalue weighted by molar-refractivity contribution is 0.0988. The Balaban J connectivity index is 1.96.